The van der Waals surface area contributed by atoms with Gasteiger partial charge in [-0.2, -0.15) is 0 Å². The SMILES string of the molecule is CCCCCCCCC(=O)OCC(CC)(CO)CCCC. The zero-order chi connectivity index (χ0) is 16.0. The average molecular weight is 300 g/mol. The van der Waals surface area contributed by atoms with Crippen molar-refractivity contribution >= 4 is 5.97 Å². The number of hydrogen-bond donors (Lipinski definition) is 1. The van der Waals surface area contributed by atoms with Crippen LogP contribution in [-0.2, 0) is 9.53 Å². The van der Waals surface area contributed by atoms with Crippen molar-refractivity contribution in [2.45, 2.75) is 91.4 Å². The summed E-state index contributed by atoms with van der Waals surface area (Å²) >= 11 is 0. The number of esters is 1. The van der Waals surface area contributed by atoms with Crippen LogP contribution in [0, 0.1) is 5.41 Å². The first-order valence-electron chi connectivity index (χ1n) is 8.90. The van der Waals surface area contributed by atoms with E-state index in [-0.39, 0.29) is 18.0 Å². The Kier molecular flexibility index (Phi) is 12.8. The number of carbonyl (C=O) groups excluding carboxylic acids is 1. The van der Waals surface area contributed by atoms with Crippen molar-refractivity contribution in [3.05, 3.63) is 0 Å². The minimum atomic E-state index is -0.229. The lowest BCUT2D eigenvalue weighted by Crippen LogP contribution is -2.31. The maximum atomic E-state index is 11.8. The minimum Gasteiger partial charge on any atom is -0.465 e. The zero-order valence-corrected chi connectivity index (χ0v) is 14.5. The van der Waals surface area contributed by atoms with Crippen LogP contribution in [0.15, 0.2) is 0 Å². The Morgan fingerprint density at radius 1 is 0.952 bits per heavy atom. The van der Waals surface area contributed by atoms with Crippen LogP contribution in [0.1, 0.15) is 91.4 Å². The fourth-order valence-electron chi connectivity index (χ4n) is 2.49. The number of hydrogen-bond acceptors (Lipinski definition) is 3. The predicted octanol–water partition coefficient (Wildman–Crippen LogP) is 4.86. The van der Waals surface area contributed by atoms with E-state index in [2.05, 4.69) is 20.8 Å². The van der Waals surface area contributed by atoms with Gasteiger partial charge >= 0.3 is 5.97 Å². The fourth-order valence-corrected chi connectivity index (χ4v) is 2.49. The molecule has 0 saturated carbocycles. The lowest BCUT2D eigenvalue weighted by Gasteiger charge is -2.30. The summed E-state index contributed by atoms with van der Waals surface area (Å²) in [5, 5.41) is 9.62. The molecule has 0 aromatic carbocycles. The molecular formula is C18H36O3. The quantitative estimate of drug-likeness (QED) is 0.368. The van der Waals surface area contributed by atoms with Gasteiger partial charge in [0.25, 0.3) is 0 Å². The monoisotopic (exact) mass is 300 g/mol. The Balaban J connectivity index is 3.86. The van der Waals surface area contributed by atoms with Gasteiger partial charge in [0, 0.05) is 11.8 Å². The summed E-state index contributed by atoms with van der Waals surface area (Å²) in [7, 11) is 0. The highest BCUT2D eigenvalue weighted by Gasteiger charge is 2.28. The minimum absolute atomic E-state index is 0.103. The molecule has 0 aliphatic rings. The van der Waals surface area contributed by atoms with Crippen LogP contribution in [0.4, 0.5) is 0 Å². The number of aliphatic hydroxyl groups is 1. The van der Waals surface area contributed by atoms with E-state index in [0.717, 1.165) is 38.5 Å². The molecule has 0 spiro atoms. The van der Waals surface area contributed by atoms with Crippen LogP contribution in [0.25, 0.3) is 0 Å². The van der Waals surface area contributed by atoms with Gasteiger partial charge < -0.3 is 9.84 Å². The van der Waals surface area contributed by atoms with Crippen molar-refractivity contribution in [2.75, 3.05) is 13.2 Å². The number of carbonyl (C=O) groups is 1. The van der Waals surface area contributed by atoms with Crippen LogP contribution >= 0.6 is 0 Å². The van der Waals surface area contributed by atoms with E-state index in [4.69, 9.17) is 4.74 Å². The molecule has 126 valence electrons. The third kappa shape index (κ3) is 9.89. The molecule has 21 heavy (non-hydrogen) atoms. The Morgan fingerprint density at radius 2 is 1.57 bits per heavy atom. The Hall–Kier alpha value is -0.570. The lowest BCUT2D eigenvalue weighted by molar-refractivity contribution is -0.148. The van der Waals surface area contributed by atoms with Crippen molar-refractivity contribution < 1.29 is 14.6 Å². The molecule has 0 aliphatic carbocycles. The van der Waals surface area contributed by atoms with Gasteiger partial charge in [-0.3, -0.25) is 4.79 Å². The summed E-state index contributed by atoms with van der Waals surface area (Å²) in [6.07, 6.45) is 11.5. The van der Waals surface area contributed by atoms with Crippen molar-refractivity contribution in [1.82, 2.24) is 0 Å². The molecule has 0 rings (SSSR count). The summed E-state index contributed by atoms with van der Waals surface area (Å²) in [6, 6.07) is 0. The number of unbranched alkanes of at least 4 members (excludes halogenated alkanes) is 6. The zero-order valence-electron chi connectivity index (χ0n) is 14.5. The molecule has 3 heteroatoms. The van der Waals surface area contributed by atoms with E-state index in [9.17, 15) is 9.90 Å². The smallest absolute Gasteiger partial charge is 0.305 e. The maximum absolute atomic E-state index is 11.8. The summed E-state index contributed by atoms with van der Waals surface area (Å²) in [6.45, 7) is 6.88. The van der Waals surface area contributed by atoms with Gasteiger partial charge in [-0.25, -0.2) is 0 Å². The largest absolute Gasteiger partial charge is 0.465 e. The number of rotatable bonds is 14. The molecule has 1 atom stereocenters. The van der Waals surface area contributed by atoms with Crippen LogP contribution in [0.3, 0.4) is 0 Å². The van der Waals surface area contributed by atoms with Gasteiger partial charge in [0.2, 0.25) is 0 Å². The summed E-state index contributed by atoms with van der Waals surface area (Å²) in [5.74, 6) is -0.103. The van der Waals surface area contributed by atoms with Crippen molar-refractivity contribution in [3.8, 4) is 0 Å². The van der Waals surface area contributed by atoms with Crippen LogP contribution < -0.4 is 0 Å². The molecule has 0 fully saturated rings. The topological polar surface area (TPSA) is 46.5 Å². The molecule has 1 N–H and O–H groups in total. The Bertz CT molecular complexity index is 247. The summed E-state index contributed by atoms with van der Waals surface area (Å²) in [5.41, 5.74) is -0.229. The van der Waals surface area contributed by atoms with E-state index in [0.29, 0.717) is 13.0 Å². The maximum Gasteiger partial charge on any atom is 0.305 e. The molecule has 0 aromatic heterocycles. The second-order valence-corrected chi connectivity index (χ2v) is 6.29. The first-order valence-corrected chi connectivity index (χ1v) is 8.90. The normalized spacial score (nSPS) is 13.9. The third-order valence-electron chi connectivity index (χ3n) is 4.42. The van der Waals surface area contributed by atoms with Gasteiger partial charge in [-0.05, 0) is 19.3 Å². The molecule has 0 amide bonds. The van der Waals surface area contributed by atoms with E-state index in [1.165, 1.54) is 25.7 Å². The average Bonchev–Trinajstić information content (AvgIpc) is 2.51. The molecular weight excluding hydrogens is 264 g/mol. The predicted molar refractivity (Wildman–Crippen MR) is 88.3 cm³/mol. The molecule has 0 saturated heterocycles. The van der Waals surface area contributed by atoms with Crippen LogP contribution in [0.2, 0.25) is 0 Å². The fraction of sp³-hybridized carbons (Fsp3) is 0.944. The van der Waals surface area contributed by atoms with Crippen molar-refractivity contribution in [2.24, 2.45) is 5.41 Å². The molecule has 3 nitrogen and oxygen atoms in total. The lowest BCUT2D eigenvalue weighted by atomic mass is 9.82. The highest BCUT2D eigenvalue weighted by molar-refractivity contribution is 5.69. The molecule has 0 heterocycles. The van der Waals surface area contributed by atoms with Gasteiger partial charge in [-0.1, -0.05) is 65.7 Å². The second-order valence-electron chi connectivity index (χ2n) is 6.29. The first-order chi connectivity index (χ1) is 10.1. The first kappa shape index (κ1) is 20.4. The van der Waals surface area contributed by atoms with Crippen molar-refractivity contribution in [1.29, 1.82) is 0 Å². The van der Waals surface area contributed by atoms with Gasteiger partial charge in [0.1, 0.15) is 0 Å². The van der Waals surface area contributed by atoms with E-state index < -0.39 is 0 Å². The summed E-state index contributed by atoms with van der Waals surface area (Å²) in [4.78, 5) is 11.8. The molecule has 0 bridgehead atoms. The molecule has 0 aliphatic heterocycles. The molecule has 1 unspecified atom stereocenters. The van der Waals surface area contributed by atoms with E-state index >= 15 is 0 Å². The van der Waals surface area contributed by atoms with E-state index in [1.807, 2.05) is 0 Å². The Morgan fingerprint density at radius 3 is 2.14 bits per heavy atom. The van der Waals surface area contributed by atoms with Gasteiger partial charge in [0.05, 0.1) is 13.2 Å². The highest BCUT2D eigenvalue weighted by Crippen LogP contribution is 2.29. The Labute approximate surface area is 131 Å². The number of ether oxygens (including phenoxy) is 1. The molecule has 0 aromatic rings. The van der Waals surface area contributed by atoms with Crippen LogP contribution in [-0.4, -0.2) is 24.3 Å². The number of aliphatic hydroxyl groups excluding tert-OH is 1. The van der Waals surface area contributed by atoms with E-state index in [1.54, 1.807) is 0 Å². The van der Waals surface area contributed by atoms with Crippen LogP contribution in [0.5, 0.6) is 0 Å². The standard InChI is InChI=1S/C18H36O3/c1-4-7-9-10-11-12-13-17(20)21-16-18(6-3,15-19)14-8-5-2/h19H,4-16H2,1-3H3. The van der Waals surface area contributed by atoms with Crippen molar-refractivity contribution in [3.63, 3.8) is 0 Å². The third-order valence-corrected chi connectivity index (χ3v) is 4.42. The summed E-state index contributed by atoms with van der Waals surface area (Å²) < 4.78 is 5.42. The molecule has 0 radical (unpaired) electrons. The second kappa shape index (κ2) is 13.1. The van der Waals surface area contributed by atoms with Gasteiger partial charge in [-0.15, -0.1) is 0 Å². The van der Waals surface area contributed by atoms with Gasteiger partial charge in [0.15, 0.2) is 0 Å². The highest BCUT2D eigenvalue weighted by atomic mass is 16.5.